The number of nitrogens with zero attached hydrogens (tertiary/aromatic N) is 5. The van der Waals surface area contributed by atoms with E-state index in [-0.39, 0.29) is 12.2 Å². The highest BCUT2D eigenvalue weighted by atomic mass is 32.7. The molecule has 4 unspecified atom stereocenters. The number of aromatic amines is 1. The summed E-state index contributed by atoms with van der Waals surface area (Å²) in [5, 5.41) is 20.4. The normalized spacial score (nSPS) is 31.1. The summed E-state index contributed by atoms with van der Waals surface area (Å²) in [6, 6.07) is 1.10. The van der Waals surface area contributed by atoms with Gasteiger partial charge in [-0.3, -0.25) is 28.0 Å². The second kappa shape index (κ2) is 10.5. The van der Waals surface area contributed by atoms with Crippen molar-refractivity contribution in [3.05, 3.63) is 45.8 Å². The lowest BCUT2D eigenvalue weighted by molar-refractivity contribution is -0.130. The lowest BCUT2D eigenvalue weighted by Gasteiger charge is -2.27. The van der Waals surface area contributed by atoms with Gasteiger partial charge in [0.25, 0.3) is 5.56 Å². The maximum Gasteiger partial charge on any atom is 0.388 e. The molecule has 0 radical (unpaired) electrons. The van der Waals surface area contributed by atoms with E-state index in [1.54, 1.807) is 0 Å². The summed E-state index contributed by atoms with van der Waals surface area (Å²) in [4.78, 5) is 38.0. The van der Waals surface area contributed by atoms with E-state index in [1.807, 2.05) is 0 Å². The van der Waals surface area contributed by atoms with Gasteiger partial charge in [-0.05, 0) is 0 Å². The lowest BCUT2D eigenvalue weighted by atomic mass is 10.1. The second-order valence-electron chi connectivity index (χ2n) is 8.45. The third kappa shape index (κ3) is 5.02. The number of aromatic nitrogens is 6. The predicted molar refractivity (Wildman–Crippen MR) is 130 cm³/mol. The molecule has 19 heteroatoms. The molecular weight excluding hydrogens is 549 g/mol. The first-order valence-corrected chi connectivity index (χ1v) is 13.9. The van der Waals surface area contributed by atoms with Crippen LogP contribution in [-0.2, 0) is 27.8 Å². The summed E-state index contributed by atoms with van der Waals surface area (Å²) < 4.78 is 43.7. The molecule has 206 valence electrons. The Hall–Kier alpha value is -2.67. The number of methoxy groups -OCH3 is 1. The van der Waals surface area contributed by atoms with E-state index in [1.165, 1.54) is 30.5 Å². The quantitative estimate of drug-likeness (QED) is 0.159. The maximum atomic E-state index is 13.3. The molecule has 0 amide bonds. The van der Waals surface area contributed by atoms with Crippen molar-refractivity contribution in [2.45, 2.75) is 49.6 Å². The molecular formula is C19H24N7O10PS. The Bertz CT molecular complexity index is 1480. The van der Waals surface area contributed by atoms with Crippen LogP contribution in [0, 0.1) is 0 Å². The van der Waals surface area contributed by atoms with Crippen molar-refractivity contribution in [2.75, 3.05) is 19.5 Å². The van der Waals surface area contributed by atoms with Gasteiger partial charge in [0, 0.05) is 25.8 Å². The smallest absolute Gasteiger partial charge is 0.388 e. The topological polar surface area (TPSA) is 228 Å². The second-order valence-corrected chi connectivity index (χ2v) is 11.3. The number of fused-ring (bicyclic) bond motifs is 1. The van der Waals surface area contributed by atoms with E-state index in [0.717, 1.165) is 10.6 Å². The van der Waals surface area contributed by atoms with Crippen molar-refractivity contribution in [3.8, 4) is 0 Å². The predicted octanol–water partition coefficient (Wildman–Crippen LogP) is -1.09. The summed E-state index contributed by atoms with van der Waals surface area (Å²) >= 11 is 4.02. The van der Waals surface area contributed by atoms with Crippen LogP contribution in [0.2, 0.25) is 0 Å². The van der Waals surface area contributed by atoms with Crippen molar-refractivity contribution in [1.29, 1.82) is 0 Å². The van der Waals surface area contributed by atoms with E-state index in [0.29, 0.717) is 11.2 Å². The first kappa shape index (κ1) is 26.9. The minimum atomic E-state index is -4.30. The minimum Gasteiger partial charge on any atom is -0.394 e. The summed E-state index contributed by atoms with van der Waals surface area (Å²) in [7, 11) is 1.29. The molecule has 8 atom stereocenters. The number of hydrogen-bond donors (Lipinski definition) is 5. The Morgan fingerprint density at radius 2 is 2.03 bits per heavy atom. The SMILES string of the molecule is COC1C(OP(=O)(S)O[C@H]2O[C@@H](n3cnc4c(N)ncnc43)CC2O)[C@@H](CO)O[C@H]1n1ccc(=O)[nH]c1=O. The van der Waals surface area contributed by atoms with E-state index in [2.05, 4.69) is 32.2 Å². The number of rotatable bonds is 8. The fourth-order valence-electron chi connectivity index (χ4n) is 4.37. The number of ether oxygens (including phenoxy) is 3. The van der Waals surface area contributed by atoms with Gasteiger partial charge < -0.3 is 30.2 Å². The fourth-order valence-corrected chi connectivity index (χ4v) is 6.04. The molecule has 0 saturated carbocycles. The number of nitrogens with two attached hydrogens (primary N) is 1. The molecule has 0 aliphatic carbocycles. The zero-order valence-electron chi connectivity index (χ0n) is 19.6. The van der Waals surface area contributed by atoms with Crippen LogP contribution in [0.5, 0.6) is 0 Å². The van der Waals surface area contributed by atoms with Crippen LogP contribution in [0.15, 0.2) is 34.5 Å². The number of aliphatic hydroxyl groups is 2. The van der Waals surface area contributed by atoms with Gasteiger partial charge in [-0.1, -0.05) is 12.2 Å². The standard InChI is InChI=1S/C19H24N7O10PS/c1-32-14-13(9(5-27)33-17(14)25-3-2-10(29)24-19(25)30)35-37(31,38)36-18-8(28)4-11(34-18)26-7-23-12-15(20)21-6-22-16(12)26/h2-3,6-9,11,13-14,17-18,27-28H,4-5H2,1H3,(H,31,38)(H2,20,21,22)(H,24,29,30)/t8?,9-,11-,13?,14?,17-,18-,37?/m1/s1. The third-order valence-electron chi connectivity index (χ3n) is 6.10. The maximum absolute atomic E-state index is 13.3. The Balaban J connectivity index is 1.32. The molecule has 5 N–H and O–H groups in total. The number of imidazole rings is 1. The van der Waals surface area contributed by atoms with Crippen molar-refractivity contribution in [1.82, 2.24) is 29.1 Å². The van der Waals surface area contributed by atoms with Crippen molar-refractivity contribution < 1.29 is 38.0 Å². The van der Waals surface area contributed by atoms with E-state index < -0.39 is 67.8 Å². The average molecular weight is 573 g/mol. The zero-order chi connectivity index (χ0) is 27.2. The number of thiol groups is 1. The van der Waals surface area contributed by atoms with Gasteiger partial charge in [0.05, 0.1) is 12.9 Å². The Labute approximate surface area is 218 Å². The molecule has 3 aromatic heterocycles. The van der Waals surface area contributed by atoms with Crippen LogP contribution in [0.3, 0.4) is 0 Å². The summed E-state index contributed by atoms with van der Waals surface area (Å²) in [6.45, 7) is -4.90. The molecule has 3 aromatic rings. The van der Waals surface area contributed by atoms with Crippen LogP contribution in [0.25, 0.3) is 11.2 Å². The fraction of sp³-hybridized carbons (Fsp3) is 0.526. The molecule has 17 nitrogen and oxygen atoms in total. The summed E-state index contributed by atoms with van der Waals surface area (Å²) in [6.07, 6.45) is -4.15. The average Bonchev–Trinajstić information content (AvgIpc) is 3.54. The van der Waals surface area contributed by atoms with Gasteiger partial charge in [0.2, 0.25) is 0 Å². The molecule has 2 aliphatic rings. The number of aliphatic hydroxyl groups excluding tert-OH is 2. The van der Waals surface area contributed by atoms with Crippen molar-refractivity contribution in [2.24, 2.45) is 0 Å². The molecule has 2 fully saturated rings. The van der Waals surface area contributed by atoms with Gasteiger partial charge in [-0.25, -0.2) is 24.3 Å². The molecule has 38 heavy (non-hydrogen) atoms. The highest BCUT2D eigenvalue weighted by Crippen LogP contribution is 2.58. The number of anilines is 1. The summed E-state index contributed by atoms with van der Waals surface area (Å²) in [5.74, 6) is 0.167. The molecule has 0 spiro atoms. The van der Waals surface area contributed by atoms with Crippen LogP contribution in [-0.4, -0.2) is 83.7 Å². The summed E-state index contributed by atoms with van der Waals surface area (Å²) in [5.41, 5.74) is 5.11. The highest BCUT2D eigenvalue weighted by Gasteiger charge is 2.51. The third-order valence-corrected chi connectivity index (χ3v) is 7.65. The molecule has 0 aromatic carbocycles. The minimum absolute atomic E-state index is 0.0253. The number of nitrogen functional groups attached to an aromatic ring is 1. The van der Waals surface area contributed by atoms with Crippen molar-refractivity contribution >= 4 is 36.0 Å². The number of H-pyrrole nitrogens is 1. The Morgan fingerprint density at radius 3 is 2.74 bits per heavy atom. The monoisotopic (exact) mass is 573 g/mol. The molecule has 2 saturated heterocycles. The first-order chi connectivity index (χ1) is 18.1. The van der Waals surface area contributed by atoms with Gasteiger partial charge >= 0.3 is 12.5 Å². The van der Waals surface area contributed by atoms with Gasteiger partial charge in [0.15, 0.2) is 24.0 Å². The zero-order valence-corrected chi connectivity index (χ0v) is 21.4. The van der Waals surface area contributed by atoms with Crippen LogP contribution in [0.1, 0.15) is 18.9 Å². The van der Waals surface area contributed by atoms with Gasteiger partial charge in [-0.2, -0.15) is 0 Å². The molecule has 5 rings (SSSR count). The van der Waals surface area contributed by atoms with E-state index >= 15 is 0 Å². The van der Waals surface area contributed by atoms with Crippen LogP contribution in [0.4, 0.5) is 5.82 Å². The first-order valence-electron chi connectivity index (χ1n) is 11.2. The largest absolute Gasteiger partial charge is 0.394 e. The lowest BCUT2D eigenvalue weighted by Crippen LogP contribution is -2.39. The van der Waals surface area contributed by atoms with Gasteiger partial charge in [-0.15, -0.1) is 0 Å². The van der Waals surface area contributed by atoms with Crippen molar-refractivity contribution in [3.63, 3.8) is 0 Å². The van der Waals surface area contributed by atoms with E-state index in [9.17, 15) is 24.4 Å². The highest BCUT2D eigenvalue weighted by molar-refractivity contribution is 8.44. The molecule has 5 heterocycles. The van der Waals surface area contributed by atoms with Crippen LogP contribution < -0.4 is 17.0 Å². The van der Waals surface area contributed by atoms with Crippen LogP contribution >= 0.6 is 19.0 Å². The van der Waals surface area contributed by atoms with E-state index in [4.69, 9.17) is 29.0 Å². The number of hydrogen-bond acceptors (Lipinski definition) is 14. The van der Waals surface area contributed by atoms with Gasteiger partial charge in [0.1, 0.15) is 42.5 Å². The molecule has 2 aliphatic heterocycles. The Morgan fingerprint density at radius 1 is 1.24 bits per heavy atom. The number of nitrogens with one attached hydrogen (secondary N) is 1. The molecule has 0 bridgehead atoms. The Kier molecular flexibility index (Phi) is 7.42.